The number of nitrogens with two attached hydrogens (primary N) is 1. The van der Waals surface area contributed by atoms with Crippen molar-refractivity contribution in [2.24, 2.45) is 5.73 Å². The molecule has 1 aliphatic heterocycles. The standard InChI is InChI=1S/C12H11N3O4S/c13-12(14)20-8-5-9(16)15(10(8)17)7-3-1-2-6(4-7)11(18)19/h1-4,8H,5H2,(H3,13,14)(H,18,19). The van der Waals surface area contributed by atoms with Crippen LogP contribution in [0.3, 0.4) is 0 Å². The van der Waals surface area contributed by atoms with E-state index < -0.39 is 23.0 Å². The van der Waals surface area contributed by atoms with Crippen molar-refractivity contribution in [2.45, 2.75) is 11.7 Å². The van der Waals surface area contributed by atoms with Crippen molar-refractivity contribution < 1.29 is 19.5 Å². The summed E-state index contributed by atoms with van der Waals surface area (Å²) in [6.07, 6.45) is -0.0552. The van der Waals surface area contributed by atoms with Crippen molar-refractivity contribution in [3.05, 3.63) is 29.8 Å². The number of rotatable bonds is 3. The van der Waals surface area contributed by atoms with E-state index in [9.17, 15) is 14.4 Å². The summed E-state index contributed by atoms with van der Waals surface area (Å²) in [6, 6.07) is 5.59. The number of thioether (sulfide) groups is 1. The van der Waals surface area contributed by atoms with Crippen molar-refractivity contribution in [1.29, 1.82) is 5.41 Å². The minimum Gasteiger partial charge on any atom is -0.478 e. The minimum atomic E-state index is -1.14. The van der Waals surface area contributed by atoms with Crippen molar-refractivity contribution in [1.82, 2.24) is 0 Å². The van der Waals surface area contributed by atoms with Gasteiger partial charge in [-0.15, -0.1) is 0 Å². The maximum absolute atomic E-state index is 12.1. The van der Waals surface area contributed by atoms with Gasteiger partial charge in [0.15, 0.2) is 5.17 Å². The lowest BCUT2D eigenvalue weighted by Gasteiger charge is -2.15. The molecule has 2 rings (SSSR count). The summed E-state index contributed by atoms with van der Waals surface area (Å²) >= 11 is 0.816. The van der Waals surface area contributed by atoms with E-state index in [2.05, 4.69) is 0 Å². The highest BCUT2D eigenvalue weighted by atomic mass is 32.2. The lowest BCUT2D eigenvalue weighted by molar-refractivity contribution is -0.121. The smallest absolute Gasteiger partial charge is 0.335 e. The van der Waals surface area contributed by atoms with Crippen LogP contribution in [0.15, 0.2) is 24.3 Å². The second kappa shape index (κ2) is 5.33. The number of carbonyl (C=O) groups is 3. The molecule has 0 aromatic heterocycles. The summed E-state index contributed by atoms with van der Waals surface area (Å²) in [4.78, 5) is 35.9. The van der Waals surface area contributed by atoms with Gasteiger partial charge in [0.1, 0.15) is 5.25 Å². The number of amides is 2. The molecule has 1 aliphatic rings. The number of carboxylic acids is 1. The van der Waals surface area contributed by atoms with Gasteiger partial charge in [-0.05, 0) is 18.2 Å². The van der Waals surface area contributed by atoms with Crippen molar-refractivity contribution in [3.8, 4) is 0 Å². The van der Waals surface area contributed by atoms with Crippen LogP contribution in [-0.2, 0) is 9.59 Å². The van der Waals surface area contributed by atoms with E-state index in [-0.39, 0.29) is 22.8 Å². The molecule has 0 spiro atoms. The predicted molar refractivity (Wildman–Crippen MR) is 73.8 cm³/mol. The first-order valence-corrected chi connectivity index (χ1v) is 6.49. The van der Waals surface area contributed by atoms with Crippen LogP contribution in [0.1, 0.15) is 16.8 Å². The maximum atomic E-state index is 12.1. The zero-order valence-electron chi connectivity index (χ0n) is 10.2. The van der Waals surface area contributed by atoms with Crippen LogP contribution in [0.4, 0.5) is 5.69 Å². The molecule has 7 nitrogen and oxygen atoms in total. The largest absolute Gasteiger partial charge is 0.478 e. The molecule has 0 radical (unpaired) electrons. The molecule has 1 atom stereocenters. The average molecular weight is 293 g/mol. The zero-order chi connectivity index (χ0) is 14.9. The van der Waals surface area contributed by atoms with Gasteiger partial charge >= 0.3 is 5.97 Å². The first-order chi connectivity index (χ1) is 9.40. The molecule has 1 fully saturated rings. The van der Waals surface area contributed by atoms with E-state index in [1.807, 2.05) is 0 Å². The van der Waals surface area contributed by atoms with Gasteiger partial charge in [-0.3, -0.25) is 15.0 Å². The molecular weight excluding hydrogens is 282 g/mol. The van der Waals surface area contributed by atoms with Gasteiger partial charge in [0.2, 0.25) is 11.8 Å². The number of hydrogen-bond acceptors (Lipinski definition) is 5. The summed E-state index contributed by atoms with van der Waals surface area (Å²) in [5.74, 6) is -2.06. The number of nitrogens with one attached hydrogen (secondary N) is 1. The molecular formula is C12H11N3O4S. The zero-order valence-corrected chi connectivity index (χ0v) is 11.0. The number of imide groups is 1. The van der Waals surface area contributed by atoms with Crippen LogP contribution in [0.2, 0.25) is 0 Å². The quantitative estimate of drug-likeness (QED) is 0.427. The monoisotopic (exact) mass is 293 g/mol. The van der Waals surface area contributed by atoms with E-state index >= 15 is 0 Å². The lowest BCUT2D eigenvalue weighted by atomic mass is 10.2. The molecule has 0 saturated carbocycles. The summed E-state index contributed by atoms with van der Waals surface area (Å²) in [5.41, 5.74) is 5.42. The Balaban J connectivity index is 2.31. The Morgan fingerprint density at radius 1 is 1.45 bits per heavy atom. The van der Waals surface area contributed by atoms with E-state index in [1.165, 1.54) is 24.3 Å². The van der Waals surface area contributed by atoms with Crippen LogP contribution < -0.4 is 10.6 Å². The second-order valence-corrected chi connectivity index (χ2v) is 5.34. The van der Waals surface area contributed by atoms with Gasteiger partial charge in [0, 0.05) is 6.42 Å². The SMILES string of the molecule is N=C(N)SC1CC(=O)N(c2cccc(C(=O)O)c2)C1=O. The van der Waals surface area contributed by atoms with Gasteiger partial charge in [0.25, 0.3) is 0 Å². The number of nitrogens with zero attached hydrogens (tertiary/aromatic N) is 1. The molecule has 1 saturated heterocycles. The molecule has 0 bridgehead atoms. The van der Waals surface area contributed by atoms with Crippen LogP contribution in [0, 0.1) is 5.41 Å². The van der Waals surface area contributed by atoms with Crippen molar-refractivity contribution >= 4 is 40.4 Å². The first-order valence-electron chi connectivity index (χ1n) is 5.61. The van der Waals surface area contributed by atoms with Crippen LogP contribution in [0.5, 0.6) is 0 Å². The fourth-order valence-electron chi connectivity index (χ4n) is 1.90. The molecule has 0 aliphatic carbocycles. The molecule has 104 valence electrons. The Bertz CT molecular complexity index is 616. The van der Waals surface area contributed by atoms with E-state index in [0.717, 1.165) is 16.7 Å². The van der Waals surface area contributed by atoms with E-state index in [4.69, 9.17) is 16.2 Å². The fraction of sp³-hybridized carbons (Fsp3) is 0.167. The highest BCUT2D eigenvalue weighted by Gasteiger charge is 2.40. The third-order valence-electron chi connectivity index (χ3n) is 2.73. The first kappa shape index (κ1) is 14.1. The molecule has 4 N–H and O–H groups in total. The Labute approximate surface area is 118 Å². The van der Waals surface area contributed by atoms with Gasteiger partial charge in [-0.1, -0.05) is 17.8 Å². The highest BCUT2D eigenvalue weighted by molar-refractivity contribution is 8.14. The van der Waals surface area contributed by atoms with Crippen LogP contribution in [-0.4, -0.2) is 33.3 Å². The number of benzene rings is 1. The number of carbonyl (C=O) groups excluding carboxylic acids is 2. The topological polar surface area (TPSA) is 125 Å². The predicted octanol–water partition coefficient (Wildman–Crippen LogP) is 0.643. The molecule has 1 aromatic rings. The maximum Gasteiger partial charge on any atom is 0.335 e. The van der Waals surface area contributed by atoms with Gasteiger partial charge < -0.3 is 10.8 Å². The summed E-state index contributed by atoms with van der Waals surface area (Å²) < 4.78 is 0. The summed E-state index contributed by atoms with van der Waals surface area (Å²) in [5, 5.41) is 15.1. The Kier molecular flexibility index (Phi) is 3.75. The Morgan fingerprint density at radius 2 is 2.15 bits per heavy atom. The lowest BCUT2D eigenvalue weighted by Crippen LogP contribution is -2.31. The van der Waals surface area contributed by atoms with Gasteiger partial charge in [-0.25, -0.2) is 9.69 Å². The second-order valence-electron chi connectivity index (χ2n) is 4.10. The van der Waals surface area contributed by atoms with Gasteiger partial charge in [-0.2, -0.15) is 0 Å². The summed E-state index contributed by atoms with van der Waals surface area (Å²) in [6.45, 7) is 0. The van der Waals surface area contributed by atoms with Gasteiger partial charge in [0.05, 0.1) is 11.3 Å². The third kappa shape index (κ3) is 2.64. The number of anilines is 1. The minimum absolute atomic E-state index is 0.00855. The third-order valence-corrected chi connectivity index (χ3v) is 3.63. The molecule has 1 unspecified atom stereocenters. The fourth-order valence-corrected chi connectivity index (χ4v) is 2.64. The Hall–Kier alpha value is -2.35. The van der Waals surface area contributed by atoms with Crippen molar-refractivity contribution in [3.63, 3.8) is 0 Å². The molecule has 2 amide bonds. The molecule has 1 heterocycles. The molecule has 8 heteroatoms. The van der Waals surface area contributed by atoms with Crippen LogP contribution >= 0.6 is 11.8 Å². The normalized spacial score (nSPS) is 18.4. The molecule has 20 heavy (non-hydrogen) atoms. The highest BCUT2D eigenvalue weighted by Crippen LogP contribution is 2.29. The molecule has 1 aromatic carbocycles. The van der Waals surface area contributed by atoms with E-state index in [0.29, 0.717) is 0 Å². The van der Waals surface area contributed by atoms with E-state index in [1.54, 1.807) is 0 Å². The average Bonchev–Trinajstić information content (AvgIpc) is 2.64. The number of aromatic carboxylic acids is 1. The van der Waals surface area contributed by atoms with Crippen LogP contribution in [0.25, 0.3) is 0 Å². The Morgan fingerprint density at radius 3 is 2.75 bits per heavy atom. The van der Waals surface area contributed by atoms with Crippen molar-refractivity contribution in [2.75, 3.05) is 4.90 Å². The summed E-state index contributed by atoms with van der Waals surface area (Å²) in [7, 11) is 0. The number of amidine groups is 1. The number of hydrogen-bond donors (Lipinski definition) is 3. The number of carboxylic acid groups (broad SMARTS) is 1.